The van der Waals surface area contributed by atoms with E-state index >= 15 is 0 Å². The molecule has 0 spiro atoms. The third kappa shape index (κ3) is 3.28. The van der Waals surface area contributed by atoms with E-state index in [0.29, 0.717) is 12.2 Å². The fourth-order valence-corrected chi connectivity index (χ4v) is 1.75. The van der Waals surface area contributed by atoms with Gasteiger partial charge in [0, 0.05) is 18.9 Å². The van der Waals surface area contributed by atoms with Gasteiger partial charge in [0.1, 0.15) is 6.61 Å². The standard InChI is InChI=1S/C14H16N4O2/c1-3-9-20-14(19)13-11(2)18(17-16-13)8-6-12-5-4-7-15-10-12/h3-5,7,10H,1,6,8-9H2,2H3. The van der Waals surface area contributed by atoms with Gasteiger partial charge in [0.25, 0.3) is 0 Å². The predicted molar refractivity (Wildman–Crippen MR) is 73.2 cm³/mol. The number of esters is 1. The normalized spacial score (nSPS) is 10.2. The molecular formula is C14H16N4O2. The summed E-state index contributed by atoms with van der Waals surface area (Å²) in [5.41, 5.74) is 2.05. The van der Waals surface area contributed by atoms with Crippen LogP contribution in [-0.4, -0.2) is 32.6 Å². The summed E-state index contributed by atoms with van der Waals surface area (Å²) in [5.74, 6) is -0.477. The molecule has 2 rings (SSSR count). The molecule has 2 aromatic rings. The third-order valence-corrected chi connectivity index (χ3v) is 2.84. The van der Waals surface area contributed by atoms with E-state index in [0.717, 1.165) is 12.0 Å². The minimum atomic E-state index is -0.477. The van der Waals surface area contributed by atoms with Gasteiger partial charge in [0.2, 0.25) is 0 Å². The van der Waals surface area contributed by atoms with Gasteiger partial charge in [-0.3, -0.25) is 4.98 Å². The van der Waals surface area contributed by atoms with Crippen LogP contribution in [0, 0.1) is 6.92 Å². The van der Waals surface area contributed by atoms with Crippen molar-refractivity contribution < 1.29 is 9.53 Å². The summed E-state index contributed by atoms with van der Waals surface area (Å²) in [5, 5.41) is 7.85. The summed E-state index contributed by atoms with van der Waals surface area (Å²) in [6.45, 7) is 6.10. The summed E-state index contributed by atoms with van der Waals surface area (Å²) < 4.78 is 6.64. The predicted octanol–water partition coefficient (Wildman–Crippen LogP) is 1.57. The van der Waals surface area contributed by atoms with Crippen molar-refractivity contribution in [2.24, 2.45) is 0 Å². The van der Waals surface area contributed by atoms with Crippen molar-refractivity contribution in [1.82, 2.24) is 20.0 Å². The molecule has 104 valence electrons. The van der Waals surface area contributed by atoms with Crippen LogP contribution < -0.4 is 0 Å². The zero-order valence-corrected chi connectivity index (χ0v) is 11.3. The first-order chi connectivity index (χ1) is 9.72. The fourth-order valence-electron chi connectivity index (χ4n) is 1.75. The van der Waals surface area contributed by atoms with Gasteiger partial charge in [-0.2, -0.15) is 0 Å². The van der Waals surface area contributed by atoms with Crippen molar-refractivity contribution in [1.29, 1.82) is 0 Å². The van der Waals surface area contributed by atoms with E-state index in [1.54, 1.807) is 17.8 Å². The Hall–Kier alpha value is -2.50. The summed E-state index contributed by atoms with van der Waals surface area (Å²) in [4.78, 5) is 15.8. The van der Waals surface area contributed by atoms with Crippen LogP contribution in [0.5, 0.6) is 0 Å². The maximum atomic E-state index is 11.7. The monoisotopic (exact) mass is 272 g/mol. The first-order valence-corrected chi connectivity index (χ1v) is 6.29. The van der Waals surface area contributed by atoms with Crippen LogP contribution in [-0.2, 0) is 17.7 Å². The van der Waals surface area contributed by atoms with Crippen molar-refractivity contribution in [3.63, 3.8) is 0 Å². The molecule has 0 unspecified atom stereocenters. The number of pyridine rings is 1. The van der Waals surface area contributed by atoms with Crippen LogP contribution >= 0.6 is 0 Å². The largest absolute Gasteiger partial charge is 0.457 e. The molecule has 2 heterocycles. The molecule has 0 atom stereocenters. The van der Waals surface area contributed by atoms with Crippen molar-refractivity contribution in [3.05, 3.63) is 54.1 Å². The van der Waals surface area contributed by atoms with E-state index in [1.165, 1.54) is 6.08 Å². The van der Waals surface area contributed by atoms with Gasteiger partial charge in [0.05, 0.1) is 5.69 Å². The van der Waals surface area contributed by atoms with E-state index in [9.17, 15) is 4.79 Å². The second-order valence-electron chi connectivity index (χ2n) is 4.25. The Balaban J connectivity index is 2.01. The molecule has 6 nitrogen and oxygen atoms in total. The van der Waals surface area contributed by atoms with Gasteiger partial charge in [-0.1, -0.05) is 23.9 Å². The number of aryl methyl sites for hydroxylation is 2. The lowest BCUT2D eigenvalue weighted by molar-refractivity contribution is 0.0542. The van der Waals surface area contributed by atoms with E-state index in [1.807, 2.05) is 18.3 Å². The van der Waals surface area contributed by atoms with Gasteiger partial charge in [-0.05, 0) is 25.0 Å². The molecule has 0 amide bonds. The summed E-state index contributed by atoms with van der Waals surface area (Å²) >= 11 is 0. The number of carbonyl (C=O) groups excluding carboxylic acids is 1. The zero-order chi connectivity index (χ0) is 14.4. The van der Waals surface area contributed by atoms with E-state index in [2.05, 4.69) is 21.9 Å². The number of nitrogens with zero attached hydrogens (tertiary/aromatic N) is 4. The minimum Gasteiger partial charge on any atom is -0.457 e. The zero-order valence-electron chi connectivity index (χ0n) is 11.3. The van der Waals surface area contributed by atoms with Crippen molar-refractivity contribution in [2.75, 3.05) is 6.61 Å². The Morgan fingerprint density at radius 1 is 1.55 bits per heavy atom. The molecule has 0 N–H and O–H groups in total. The Bertz CT molecular complexity index is 592. The first-order valence-electron chi connectivity index (χ1n) is 6.29. The van der Waals surface area contributed by atoms with Gasteiger partial charge >= 0.3 is 5.97 Å². The van der Waals surface area contributed by atoms with Crippen molar-refractivity contribution in [2.45, 2.75) is 19.9 Å². The van der Waals surface area contributed by atoms with Gasteiger partial charge < -0.3 is 4.74 Å². The topological polar surface area (TPSA) is 69.9 Å². The van der Waals surface area contributed by atoms with Gasteiger partial charge in [0.15, 0.2) is 5.69 Å². The molecule has 0 aromatic carbocycles. The average Bonchev–Trinajstić information content (AvgIpc) is 2.85. The average molecular weight is 272 g/mol. The summed E-state index contributed by atoms with van der Waals surface area (Å²) in [7, 11) is 0. The van der Waals surface area contributed by atoms with E-state index in [4.69, 9.17) is 4.74 Å². The lowest BCUT2D eigenvalue weighted by Gasteiger charge is -2.04. The lowest BCUT2D eigenvalue weighted by Crippen LogP contribution is -2.09. The van der Waals surface area contributed by atoms with Crippen LogP contribution in [0.4, 0.5) is 0 Å². The van der Waals surface area contributed by atoms with Crippen LogP contribution in [0.25, 0.3) is 0 Å². The minimum absolute atomic E-state index is 0.167. The number of ether oxygens (including phenoxy) is 1. The Kier molecular flexibility index (Phi) is 4.60. The van der Waals surface area contributed by atoms with Crippen LogP contribution in [0.2, 0.25) is 0 Å². The molecule has 2 aromatic heterocycles. The van der Waals surface area contributed by atoms with Crippen molar-refractivity contribution >= 4 is 5.97 Å². The molecule has 6 heteroatoms. The molecule has 0 saturated carbocycles. The molecule has 0 aliphatic carbocycles. The second-order valence-corrected chi connectivity index (χ2v) is 4.25. The highest BCUT2D eigenvalue weighted by Gasteiger charge is 2.17. The molecule has 0 aliphatic rings. The first kappa shape index (κ1) is 13.9. The SMILES string of the molecule is C=CCOC(=O)c1nnn(CCc2cccnc2)c1C. The molecule has 0 fully saturated rings. The number of hydrogen-bond acceptors (Lipinski definition) is 5. The highest BCUT2D eigenvalue weighted by molar-refractivity contribution is 5.88. The number of hydrogen-bond donors (Lipinski definition) is 0. The summed E-state index contributed by atoms with van der Waals surface area (Å²) in [6, 6.07) is 3.89. The Morgan fingerprint density at radius 3 is 3.10 bits per heavy atom. The van der Waals surface area contributed by atoms with Crippen LogP contribution in [0.15, 0.2) is 37.2 Å². The smallest absolute Gasteiger partial charge is 0.361 e. The van der Waals surface area contributed by atoms with Crippen LogP contribution in [0.3, 0.4) is 0 Å². The Morgan fingerprint density at radius 2 is 2.40 bits per heavy atom. The maximum absolute atomic E-state index is 11.7. The highest BCUT2D eigenvalue weighted by Crippen LogP contribution is 2.07. The third-order valence-electron chi connectivity index (χ3n) is 2.84. The number of aromatic nitrogens is 4. The number of rotatable bonds is 6. The van der Waals surface area contributed by atoms with Crippen molar-refractivity contribution in [3.8, 4) is 0 Å². The number of carbonyl (C=O) groups is 1. The summed E-state index contributed by atoms with van der Waals surface area (Å²) in [6.07, 6.45) is 5.84. The van der Waals surface area contributed by atoms with Gasteiger partial charge in [-0.25, -0.2) is 9.48 Å². The van der Waals surface area contributed by atoms with E-state index < -0.39 is 5.97 Å². The van der Waals surface area contributed by atoms with Crippen LogP contribution in [0.1, 0.15) is 21.7 Å². The highest BCUT2D eigenvalue weighted by atomic mass is 16.5. The lowest BCUT2D eigenvalue weighted by atomic mass is 10.2. The Labute approximate surface area is 117 Å². The molecular weight excluding hydrogens is 256 g/mol. The van der Waals surface area contributed by atoms with E-state index in [-0.39, 0.29) is 12.3 Å². The molecule has 0 radical (unpaired) electrons. The molecule has 0 aliphatic heterocycles. The molecule has 20 heavy (non-hydrogen) atoms. The quantitative estimate of drug-likeness (QED) is 0.589. The fraction of sp³-hybridized carbons (Fsp3) is 0.286. The molecule has 0 bridgehead atoms. The second kappa shape index (κ2) is 6.60. The van der Waals surface area contributed by atoms with Gasteiger partial charge in [-0.15, -0.1) is 5.10 Å². The molecule has 0 saturated heterocycles. The maximum Gasteiger partial charge on any atom is 0.361 e.